The molecule has 72 valence electrons. The molecule has 0 aromatic rings. The Morgan fingerprint density at radius 2 is 2.25 bits per heavy atom. The van der Waals surface area contributed by atoms with Crippen molar-refractivity contribution in [2.45, 2.75) is 38.8 Å². The summed E-state index contributed by atoms with van der Waals surface area (Å²) >= 11 is 0. The molecule has 0 fully saturated rings. The lowest BCUT2D eigenvalue weighted by Gasteiger charge is -2.12. The van der Waals surface area contributed by atoms with Crippen molar-refractivity contribution in [3.63, 3.8) is 0 Å². The van der Waals surface area contributed by atoms with Gasteiger partial charge in [-0.1, -0.05) is 13.3 Å². The molecule has 0 aliphatic carbocycles. The van der Waals surface area contributed by atoms with Crippen molar-refractivity contribution in [3.8, 4) is 0 Å². The fraction of sp³-hybridized carbons (Fsp3) is 0.875. The number of carbonyl (C=O) groups excluding carboxylic acids is 1. The number of hydrogen-bond acceptors (Lipinski definition) is 4. The quantitative estimate of drug-likeness (QED) is 0.457. The van der Waals surface area contributed by atoms with Gasteiger partial charge in [0.25, 0.3) is 0 Å². The van der Waals surface area contributed by atoms with Crippen molar-refractivity contribution in [2.75, 3.05) is 6.61 Å². The summed E-state index contributed by atoms with van der Waals surface area (Å²) in [6.07, 6.45) is 0.584. The van der Waals surface area contributed by atoms with Crippen LogP contribution in [0.5, 0.6) is 0 Å². The van der Waals surface area contributed by atoms with Gasteiger partial charge in [0, 0.05) is 6.04 Å². The summed E-state index contributed by atoms with van der Waals surface area (Å²) < 4.78 is 4.74. The van der Waals surface area contributed by atoms with Crippen LogP contribution in [0.2, 0.25) is 0 Å². The Kier molecular flexibility index (Phi) is 5.66. The van der Waals surface area contributed by atoms with Gasteiger partial charge in [0.15, 0.2) is 6.10 Å². The molecule has 0 rings (SSSR count). The van der Waals surface area contributed by atoms with E-state index >= 15 is 0 Å². The molecule has 4 nitrogen and oxygen atoms in total. The summed E-state index contributed by atoms with van der Waals surface area (Å²) in [4.78, 5) is 10.9. The first-order chi connectivity index (χ1) is 5.59. The number of ether oxygens (including phenoxy) is 1. The standard InChI is InChI=1S/C8H17NO3/c1-3-4-5-12-8(11)7(10)6(2)9/h6-7,10H,3-5,9H2,1-2H3. The zero-order valence-corrected chi connectivity index (χ0v) is 7.62. The van der Waals surface area contributed by atoms with E-state index in [0.29, 0.717) is 6.61 Å². The minimum absolute atomic E-state index is 0.360. The van der Waals surface area contributed by atoms with Gasteiger partial charge in [-0.3, -0.25) is 0 Å². The van der Waals surface area contributed by atoms with Crippen LogP contribution in [-0.4, -0.2) is 29.8 Å². The number of nitrogens with two attached hydrogens (primary N) is 1. The van der Waals surface area contributed by atoms with E-state index in [4.69, 9.17) is 15.6 Å². The van der Waals surface area contributed by atoms with Gasteiger partial charge >= 0.3 is 5.97 Å². The smallest absolute Gasteiger partial charge is 0.336 e. The van der Waals surface area contributed by atoms with Crippen molar-refractivity contribution >= 4 is 5.97 Å². The SMILES string of the molecule is CCCCOC(=O)C(O)C(C)N. The third-order valence-corrected chi connectivity index (χ3v) is 1.48. The number of carbonyl (C=O) groups is 1. The Morgan fingerprint density at radius 1 is 1.67 bits per heavy atom. The van der Waals surface area contributed by atoms with E-state index < -0.39 is 18.1 Å². The Hall–Kier alpha value is -0.610. The minimum Gasteiger partial charge on any atom is -0.464 e. The number of hydrogen-bond donors (Lipinski definition) is 2. The number of aliphatic hydroxyl groups is 1. The van der Waals surface area contributed by atoms with Crippen LogP contribution in [0.25, 0.3) is 0 Å². The normalized spacial score (nSPS) is 15.3. The molecular formula is C8H17NO3. The van der Waals surface area contributed by atoms with E-state index in [0.717, 1.165) is 12.8 Å². The maximum Gasteiger partial charge on any atom is 0.336 e. The fourth-order valence-electron chi connectivity index (χ4n) is 0.617. The molecule has 0 aromatic heterocycles. The highest BCUT2D eigenvalue weighted by molar-refractivity contribution is 5.75. The summed E-state index contributed by atoms with van der Waals surface area (Å²) in [6, 6.07) is -0.570. The molecule has 0 amide bonds. The first kappa shape index (κ1) is 11.4. The second-order valence-corrected chi connectivity index (χ2v) is 2.83. The van der Waals surface area contributed by atoms with E-state index in [9.17, 15) is 4.79 Å². The van der Waals surface area contributed by atoms with Crippen LogP contribution < -0.4 is 5.73 Å². The Bertz CT molecular complexity index is 136. The molecule has 2 unspecified atom stereocenters. The van der Waals surface area contributed by atoms with Gasteiger partial charge in [-0.05, 0) is 13.3 Å². The average Bonchev–Trinajstić information content (AvgIpc) is 2.03. The van der Waals surface area contributed by atoms with E-state index in [1.807, 2.05) is 6.92 Å². The summed E-state index contributed by atoms with van der Waals surface area (Å²) in [5.41, 5.74) is 5.29. The van der Waals surface area contributed by atoms with Crippen LogP contribution in [0, 0.1) is 0 Å². The molecule has 0 saturated heterocycles. The van der Waals surface area contributed by atoms with E-state index in [1.165, 1.54) is 0 Å². The van der Waals surface area contributed by atoms with Crippen molar-refractivity contribution in [3.05, 3.63) is 0 Å². The first-order valence-corrected chi connectivity index (χ1v) is 4.19. The van der Waals surface area contributed by atoms with Gasteiger partial charge in [-0.15, -0.1) is 0 Å². The van der Waals surface area contributed by atoms with Gasteiger partial charge in [0.1, 0.15) is 0 Å². The van der Waals surface area contributed by atoms with Crippen molar-refractivity contribution < 1.29 is 14.6 Å². The third kappa shape index (κ3) is 4.31. The first-order valence-electron chi connectivity index (χ1n) is 4.19. The lowest BCUT2D eigenvalue weighted by atomic mass is 10.2. The molecule has 0 radical (unpaired) electrons. The molecule has 0 saturated carbocycles. The Morgan fingerprint density at radius 3 is 2.67 bits per heavy atom. The molecule has 3 N–H and O–H groups in total. The molecule has 0 aliphatic rings. The molecular weight excluding hydrogens is 158 g/mol. The maximum atomic E-state index is 10.9. The lowest BCUT2D eigenvalue weighted by Crippen LogP contribution is -2.39. The van der Waals surface area contributed by atoms with Crippen LogP contribution in [0.4, 0.5) is 0 Å². The second kappa shape index (κ2) is 5.97. The van der Waals surface area contributed by atoms with Gasteiger partial charge in [-0.2, -0.15) is 0 Å². The summed E-state index contributed by atoms with van der Waals surface area (Å²) in [7, 11) is 0. The van der Waals surface area contributed by atoms with Crippen molar-refractivity contribution in [1.82, 2.24) is 0 Å². The number of aliphatic hydroxyl groups excluding tert-OH is 1. The Balaban J connectivity index is 3.57. The predicted molar refractivity (Wildman–Crippen MR) is 45.5 cm³/mol. The highest BCUT2D eigenvalue weighted by Gasteiger charge is 2.20. The highest BCUT2D eigenvalue weighted by atomic mass is 16.5. The van der Waals surface area contributed by atoms with Gasteiger partial charge in [0.05, 0.1) is 6.61 Å². The predicted octanol–water partition coefficient (Wildman–Crippen LogP) is 0.0378. The van der Waals surface area contributed by atoms with E-state index in [-0.39, 0.29) is 0 Å². The zero-order valence-electron chi connectivity index (χ0n) is 7.62. The highest BCUT2D eigenvalue weighted by Crippen LogP contribution is 1.95. The molecule has 0 heterocycles. The molecule has 0 aliphatic heterocycles. The molecule has 0 bridgehead atoms. The number of unbranched alkanes of at least 4 members (excludes halogenated alkanes) is 1. The van der Waals surface area contributed by atoms with Crippen molar-refractivity contribution in [1.29, 1.82) is 0 Å². The van der Waals surface area contributed by atoms with Crippen LogP contribution in [-0.2, 0) is 9.53 Å². The minimum atomic E-state index is -1.19. The molecule has 0 spiro atoms. The van der Waals surface area contributed by atoms with Crippen LogP contribution in [0.15, 0.2) is 0 Å². The van der Waals surface area contributed by atoms with E-state index in [1.54, 1.807) is 6.92 Å². The molecule has 2 atom stereocenters. The van der Waals surface area contributed by atoms with Crippen LogP contribution in [0.1, 0.15) is 26.7 Å². The average molecular weight is 175 g/mol. The monoisotopic (exact) mass is 175 g/mol. The topological polar surface area (TPSA) is 72.5 Å². The van der Waals surface area contributed by atoms with Gasteiger partial charge in [-0.25, -0.2) is 4.79 Å². The summed E-state index contributed by atoms with van der Waals surface area (Å²) in [6.45, 7) is 3.92. The van der Waals surface area contributed by atoms with Crippen molar-refractivity contribution in [2.24, 2.45) is 5.73 Å². The lowest BCUT2D eigenvalue weighted by molar-refractivity contribution is -0.154. The summed E-state index contributed by atoms with van der Waals surface area (Å²) in [5.74, 6) is -0.626. The van der Waals surface area contributed by atoms with Crippen LogP contribution >= 0.6 is 0 Å². The van der Waals surface area contributed by atoms with Crippen LogP contribution in [0.3, 0.4) is 0 Å². The summed E-state index contributed by atoms with van der Waals surface area (Å²) in [5, 5.41) is 9.09. The Labute approximate surface area is 72.7 Å². The fourth-order valence-corrected chi connectivity index (χ4v) is 0.617. The molecule has 12 heavy (non-hydrogen) atoms. The zero-order chi connectivity index (χ0) is 9.56. The number of rotatable bonds is 5. The third-order valence-electron chi connectivity index (χ3n) is 1.48. The molecule has 0 aromatic carbocycles. The maximum absolute atomic E-state index is 10.9. The van der Waals surface area contributed by atoms with E-state index in [2.05, 4.69) is 0 Å². The molecule has 4 heteroatoms. The number of esters is 1. The van der Waals surface area contributed by atoms with Gasteiger partial charge in [0.2, 0.25) is 0 Å². The van der Waals surface area contributed by atoms with Gasteiger partial charge < -0.3 is 15.6 Å². The second-order valence-electron chi connectivity index (χ2n) is 2.83. The largest absolute Gasteiger partial charge is 0.464 e.